The summed E-state index contributed by atoms with van der Waals surface area (Å²) in [5, 5.41) is 16.6. The highest BCUT2D eigenvalue weighted by Crippen LogP contribution is 2.32. The van der Waals surface area contributed by atoms with E-state index >= 15 is 0 Å². The summed E-state index contributed by atoms with van der Waals surface area (Å²) in [6.07, 6.45) is 0.556. The predicted octanol–water partition coefficient (Wildman–Crippen LogP) is 2.71. The average Bonchev–Trinajstić information content (AvgIpc) is 2.59. The molecule has 0 unspecified atom stereocenters. The van der Waals surface area contributed by atoms with E-state index in [1.54, 1.807) is 19.2 Å². The highest BCUT2D eigenvalue weighted by atomic mass is 16.6. The second kappa shape index (κ2) is 6.97. The van der Waals surface area contributed by atoms with Crippen LogP contribution in [-0.4, -0.2) is 22.4 Å². The molecule has 0 atom stereocenters. The molecule has 0 aliphatic carbocycles. The standard InChI is InChI=1S/C18H17N3O3/c1-24-21-15-4-2-3-13(11-15)16-10-12(5-7-17(16)22)9-14-6-8-18(23)20-19-14/h2-8,10-11,21-22H,9H2,1H3,(H,20,23). The second-order valence-corrected chi connectivity index (χ2v) is 5.33. The first kappa shape index (κ1) is 15.8. The van der Waals surface area contributed by atoms with Crippen LogP contribution >= 0.6 is 0 Å². The van der Waals surface area contributed by atoms with E-state index in [1.807, 2.05) is 36.4 Å². The van der Waals surface area contributed by atoms with Crippen LogP contribution in [0.25, 0.3) is 11.1 Å². The normalized spacial score (nSPS) is 10.5. The van der Waals surface area contributed by atoms with E-state index < -0.39 is 0 Å². The van der Waals surface area contributed by atoms with E-state index in [0.29, 0.717) is 6.42 Å². The van der Waals surface area contributed by atoms with Crippen molar-refractivity contribution in [3.8, 4) is 16.9 Å². The summed E-state index contributed by atoms with van der Waals surface area (Å²) < 4.78 is 0. The summed E-state index contributed by atoms with van der Waals surface area (Å²) in [5.74, 6) is 0.197. The molecule has 3 rings (SSSR count). The topological polar surface area (TPSA) is 87.2 Å². The summed E-state index contributed by atoms with van der Waals surface area (Å²) in [6.45, 7) is 0. The molecule has 0 radical (unpaired) electrons. The zero-order valence-electron chi connectivity index (χ0n) is 13.1. The molecule has 24 heavy (non-hydrogen) atoms. The fraction of sp³-hybridized carbons (Fsp3) is 0.111. The van der Waals surface area contributed by atoms with Crippen molar-refractivity contribution in [2.24, 2.45) is 0 Å². The number of aromatic nitrogens is 2. The maximum absolute atomic E-state index is 11.1. The van der Waals surface area contributed by atoms with E-state index in [9.17, 15) is 9.90 Å². The van der Waals surface area contributed by atoms with Gasteiger partial charge < -0.3 is 5.11 Å². The molecule has 0 amide bonds. The summed E-state index contributed by atoms with van der Waals surface area (Å²) >= 11 is 0. The molecule has 0 aliphatic heterocycles. The molecule has 6 heteroatoms. The number of hydrogen-bond acceptors (Lipinski definition) is 5. The van der Waals surface area contributed by atoms with Gasteiger partial charge in [-0.25, -0.2) is 5.10 Å². The van der Waals surface area contributed by atoms with E-state index in [0.717, 1.165) is 28.1 Å². The summed E-state index contributed by atoms with van der Waals surface area (Å²) in [5.41, 5.74) is 6.65. The Morgan fingerprint density at radius 3 is 2.79 bits per heavy atom. The van der Waals surface area contributed by atoms with Gasteiger partial charge in [-0.2, -0.15) is 5.10 Å². The fourth-order valence-electron chi connectivity index (χ4n) is 2.47. The highest BCUT2D eigenvalue weighted by Gasteiger charge is 2.08. The molecule has 6 nitrogen and oxygen atoms in total. The van der Waals surface area contributed by atoms with Crippen LogP contribution in [0.2, 0.25) is 0 Å². The van der Waals surface area contributed by atoms with Crippen molar-refractivity contribution in [1.82, 2.24) is 10.2 Å². The van der Waals surface area contributed by atoms with Gasteiger partial charge in [0.1, 0.15) is 5.75 Å². The first-order valence-electron chi connectivity index (χ1n) is 7.41. The number of phenolic OH excluding ortho intramolecular Hbond substituents is 1. The highest BCUT2D eigenvalue weighted by molar-refractivity contribution is 5.73. The molecule has 0 saturated carbocycles. The fourth-order valence-corrected chi connectivity index (χ4v) is 2.47. The van der Waals surface area contributed by atoms with Crippen molar-refractivity contribution in [2.45, 2.75) is 6.42 Å². The zero-order valence-corrected chi connectivity index (χ0v) is 13.1. The molecule has 3 N–H and O–H groups in total. The van der Waals surface area contributed by atoms with Crippen LogP contribution in [-0.2, 0) is 11.3 Å². The lowest BCUT2D eigenvalue weighted by Crippen LogP contribution is -2.07. The molecule has 122 valence electrons. The van der Waals surface area contributed by atoms with E-state index in [-0.39, 0.29) is 11.3 Å². The van der Waals surface area contributed by atoms with Gasteiger partial charge in [0.2, 0.25) is 0 Å². The van der Waals surface area contributed by atoms with Crippen molar-refractivity contribution < 1.29 is 9.94 Å². The SMILES string of the molecule is CONc1cccc(-c2cc(Cc3ccc(=O)[nH]n3)ccc2O)c1. The molecule has 2 aromatic carbocycles. The Morgan fingerprint density at radius 2 is 2.04 bits per heavy atom. The number of rotatable bonds is 5. The van der Waals surface area contributed by atoms with Crippen LogP contribution in [0.1, 0.15) is 11.3 Å². The third-order valence-electron chi connectivity index (χ3n) is 3.58. The molecule has 1 heterocycles. The second-order valence-electron chi connectivity index (χ2n) is 5.33. The van der Waals surface area contributed by atoms with Crippen LogP contribution in [0.4, 0.5) is 5.69 Å². The number of anilines is 1. The molecule has 0 fully saturated rings. The summed E-state index contributed by atoms with van der Waals surface area (Å²) in [6, 6.07) is 16.1. The van der Waals surface area contributed by atoms with Crippen LogP contribution in [0.15, 0.2) is 59.4 Å². The smallest absolute Gasteiger partial charge is 0.264 e. The maximum Gasteiger partial charge on any atom is 0.264 e. The number of nitrogens with zero attached hydrogens (tertiary/aromatic N) is 1. The van der Waals surface area contributed by atoms with Gasteiger partial charge in [-0.05, 0) is 41.5 Å². The monoisotopic (exact) mass is 323 g/mol. The van der Waals surface area contributed by atoms with Crippen LogP contribution in [0.3, 0.4) is 0 Å². The molecule has 0 spiro atoms. The molecule has 0 saturated heterocycles. The van der Waals surface area contributed by atoms with Gasteiger partial charge in [0.25, 0.3) is 5.56 Å². The van der Waals surface area contributed by atoms with Crippen molar-refractivity contribution in [2.75, 3.05) is 12.6 Å². The minimum atomic E-state index is -0.229. The molecular formula is C18H17N3O3. The van der Waals surface area contributed by atoms with E-state index in [4.69, 9.17) is 4.84 Å². The maximum atomic E-state index is 11.1. The van der Waals surface area contributed by atoms with Gasteiger partial charge in [0, 0.05) is 18.1 Å². The van der Waals surface area contributed by atoms with Crippen LogP contribution < -0.4 is 11.0 Å². The Morgan fingerprint density at radius 1 is 1.17 bits per heavy atom. The number of H-pyrrole nitrogens is 1. The molecule has 1 aromatic heterocycles. The first-order valence-corrected chi connectivity index (χ1v) is 7.41. The van der Waals surface area contributed by atoms with Crippen molar-refractivity contribution in [3.63, 3.8) is 0 Å². The number of aromatic hydroxyl groups is 1. The van der Waals surface area contributed by atoms with E-state index in [2.05, 4.69) is 15.7 Å². The first-order chi connectivity index (χ1) is 11.7. The Balaban J connectivity index is 1.92. The quantitative estimate of drug-likeness (QED) is 0.628. The third kappa shape index (κ3) is 3.61. The lowest BCUT2D eigenvalue weighted by Gasteiger charge is -2.10. The number of nitrogens with one attached hydrogen (secondary N) is 2. The number of aromatic amines is 1. The van der Waals surface area contributed by atoms with Crippen molar-refractivity contribution >= 4 is 5.69 Å². The molecule has 0 bridgehead atoms. The van der Waals surface area contributed by atoms with Gasteiger partial charge in [-0.15, -0.1) is 0 Å². The van der Waals surface area contributed by atoms with Gasteiger partial charge in [0.05, 0.1) is 18.5 Å². The van der Waals surface area contributed by atoms with E-state index in [1.165, 1.54) is 6.07 Å². The number of hydrogen-bond donors (Lipinski definition) is 3. The predicted molar refractivity (Wildman–Crippen MR) is 91.8 cm³/mol. The Labute approximate surface area is 138 Å². The summed E-state index contributed by atoms with van der Waals surface area (Å²) in [4.78, 5) is 16.0. The van der Waals surface area contributed by atoms with Crippen LogP contribution in [0, 0.1) is 0 Å². The lowest BCUT2D eigenvalue weighted by molar-refractivity contribution is 0.271. The Bertz CT molecular complexity index is 886. The minimum Gasteiger partial charge on any atom is -0.507 e. The van der Waals surface area contributed by atoms with Crippen molar-refractivity contribution in [3.05, 3.63) is 76.2 Å². The van der Waals surface area contributed by atoms with Crippen LogP contribution in [0.5, 0.6) is 5.75 Å². The molecule has 0 aliphatic rings. The van der Waals surface area contributed by atoms with Gasteiger partial charge in [0.15, 0.2) is 0 Å². The third-order valence-corrected chi connectivity index (χ3v) is 3.58. The molecular weight excluding hydrogens is 306 g/mol. The van der Waals surface area contributed by atoms with Crippen molar-refractivity contribution in [1.29, 1.82) is 0 Å². The minimum absolute atomic E-state index is 0.197. The lowest BCUT2D eigenvalue weighted by atomic mass is 9.99. The summed E-state index contributed by atoms with van der Waals surface area (Å²) in [7, 11) is 1.54. The number of phenols is 1. The van der Waals surface area contributed by atoms with Gasteiger partial charge in [-0.1, -0.05) is 18.2 Å². The Kier molecular flexibility index (Phi) is 4.58. The van der Waals surface area contributed by atoms with Gasteiger partial charge in [-0.3, -0.25) is 15.1 Å². The Hall–Kier alpha value is -3.12. The van der Waals surface area contributed by atoms with Gasteiger partial charge >= 0.3 is 0 Å². The average molecular weight is 323 g/mol. The zero-order chi connectivity index (χ0) is 16.9. The number of benzene rings is 2. The largest absolute Gasteiger partial charge is 0.507 e. The molecule has 3 aromatic rings.